The highest BCUT2D eigenvalue weighted by molar-refractivity contribution is 5.89. The number of fused-ring (bicyclic) bond motifs is 1. The van der Waals surface area contributed by atoms with Gasteiger partial charge in [0.05, 0.1) is 0 Å². The molecule has 1 aliphatic heterocycles. The van der Waals surface area contributed by atoms with Gasteiger partial charge < -0.3 is 20.3 Å². The summed E-state index contributed by atoms with van der Waals surface area (Å²) in [6.45, 7) is 0.404. The number of benzene rings is 3. The molecular formula is C24H21F2N3O3. The van der Waals surface area contributed by atoms with E-state index in [-0.39, 0.29) is 31.6 Å². The molecule has 0 saturated carbocycles. The third-order valence-corrected chi connectivity index (χ3v) is 4.98. The van der Waals surface area contributed by atoms with Gasteiger partial charge in [-0.1, -0.05) is 30.3 Å². The SMILES string of the molecule is O=C(NCc1ccccc1)Nc1ccc2c(c1)CN(Cc1cc(F)cc(F)c1)C(=O)CO2. The predicted octanol–water partition coefficient (Wildman–Crippen LogP) is 4.21. The van der Waals surface area contributed by atoms with Gasteiger partial charge in [-0.25, -0.2) is 13.6 Å². The molecule has 0 aromatic heterocycles. The quantitative estimate of drug-likeness (QED) is 0.628. The van der Waals surface area contributed by atoms with E-state index in [9.17, 15) is 18.4 Å². The fourth-order valence-electron chi connectivity index (χ4n) is 3.47. The van der Waals surface area contributed by atoms with Gasteiger partial charge in [-0.15, -0.1) is 0 Å². The number of rotatable bonds is 5. The number of nitrogens with zero attached hydrogens (tertiary/aromatic N) is 1. The van der Waals surface area contributed by atoms with E-state index in [1.807, 2.05) is 30.3 Å². The first-order valence-electron chi connectivity index (χ1n) is 10.0. The molecular weight excluding hydrogens is 416 g/mol. The molecule has 0 saturated heterocycles. The van der Waals surface area contributed by atoms with Crippen LogP contribution in [0.15, 0.2) is 66.7 Å². The Balaban J connectivity index is 1.44. The van der Waals surface area contributed by atoms with Crippen molar-refractivity contribution in [3.8, 4) is 5.75 Å². The Labute approximate surface area is 183 Å². The lowest BCUT2D eigenvalue weighted by Crippen LogP contribution is -2.32. The van der Waals surface area contributed by atoms with Crippen LogP contribution >= 0.6 is 0 Å². The lowest BCUT2D eigenvalue weighted by molar-refractivity contribution is -0.133. The van der Waals surface area contributed by atoms with Crippen LogP contribution in [0.3, 0.4) is 0 Å². The van der Waals surface area contributed by atoms with Crippen LogP contribution in [0.4, 0.5) is 19.3 Å². The average molecular weight is 437 g/mol. The van der Waals surface area contributed by atoms with Crippen LogP contribution in [0, 0.1) is 11.6 Å². The van der Waals surface area contributed by atoms with E-state index in [1.54, 1.807) is 18.2 Å². The third-order valence-electron chi connectivity index (χ3n) is 4.98. The van der Waals surface area contributed by atoms with E-state index in [0.717, 1.165) is 11.6 Å². The Morgan fingerprint density at radius 1 is 0.969 bits per heavy atom. The highest BCUT2D eigenvalue weighted by Crippen LogP contribution is 2.27. The Bertz CT molecular complexity index is 1120. The average Bonchev–Trinajstić information content (AvgIpc) is 2.91. The molecule has 3 aromatic rings. The summed E-state index contributed by atoms with van der Waals surface area (Å²) in [5, 5.41) is 5.55. The van der Waals surface area contributed by atoms with Gasteiger partial charge in [0.25, 0.3) is 5.91 Å². The molecule has 0 atom stereocenters. The molecule has 3 amide bonds. The van der Waals surface area contributed by atoms with Crippen molar-refractivity contribution in [1.29, 1.82) is 0 Å². The highest BCUT2D eigenvalue weighted by atomic mass is 19.1. The summed E-state index contributed by atoms with van der Waals surface area (Å²) in [5.74, 6) is -1.19. The van der Waals surface area contributed by atoms with E-state index in [2.05, 4.69) is 10.6 Å². The lowest BCUT2D eigenvalue weighted by atomic mass is 10.1. The molecule has 4 rings (SSSR count). The van der Waals surface area contributed by atoms with Gasteiger partial charge in [0.2, 0.25) is 0 Å². The number of anilines is 1. The summed E-state index contributed by atoms with van der Waals surface area (Å²) < 4.78 is 32.6. The van der Waals surface area contributed by atoms with E-state index in [4.69, 9.17) is 4.74 Å². The maximum atomic E-state index is 13.5. The summed E-state index contributed by atoms with van der Waals surface area (Å²) in [5.41, 5.74) is 2.52. The molecule has 6 nitrogen and oxygen atoms in total. The van der Waals surface area contributed by atoms with Crippen molar-refractivity contribution in [2.75, 3.05) is 11.9 Å². The number of carbonyl (C=O) groups excluding carboxylic acids is 2. The van der Waals surface area contributed by atoms with Crippen molar-refractivity contribution >= 4 is 17.6 Å². The first-order valence-corrected chi connectivity index (χ1v) is 10.0. The number of ether oxygens (including phenoxy) is 1. The van der Waals surface area contributed by atoms with E-state index in [0.29, 0.717) is 29.1 Å². The Morgan fingerprint density at radius 2 is 1.72 bits per heavy atom. The van der Waals surface area contributed by atoms with Gasteiger partial charge in [0, 0.05) is 37.0 Å². The highest BCUT2D eigenvalue weighted by Gasteiger charge is 2.22. The van der Waals surface area contributed by atoms with Gasteiger partial charge in [0.1, 0.15) is 17.4 Å². The number of amides is 3. The van der Waals surface area contributed by atoms with Gasteiger partial charge in [0.15, 0.2) is 6.61 Å². The van der Waals surface area contributed by atoms with Crippen LogP contribution < -0.4 is 15.4 Å². The molecule has 2 N–H and O–H groups in total. The topological polar surface area (TPSA) is 70.7 Å². The zero-order valence-corrected chi connectivity index (χ0v) is 17.1. The molecule has 32 heavy (non-hydrogen) atoms. The Kier molecular flexibility index (Phi) is 6.30. The smallest absolute Gasteiger partial charge is 0.319 e. The standard InChI is InChI=1S/C24H21F2N3O3/c25-19-8-17(9-20(26)11-19)13-29-14-18-10-21(6-7-22(18)32-15-23(29)30)28-24(31)27-12-16-4-2-1-3-5-16/h1-11H,12-15H2,(H2,27,28,31). The van der Waals surface area contributed by atoms with Gasteiger partial charge in [-0.05, 0) is 41.5 Å². The number of halogens is 2. The van der Waals surface area contributed by atoms with Crippen molar-refractivity contribution in [3.05, 3.63) is 95.1 Å². The number of carbonyl (C=O) groups is 2. The second-order valence-corrected chi connectivity index (χ2v) is 7.43. The monoisotopic (exact) mass is 437 g/mol. The summed E-state index contributed by atoms with van der Waals surface area (Å²) in [6, 6.07) is 17.4. The zero-order chi connectivity index (χ0) is 22.5. The van der Waals surface area contributed by atoms with E-state index < -0.39 is 11.6 Å². The zero-order valence-electron chi connectivity index (χ0n) is 17.1. The molecule has 1 heterocycles. The van der Waals surface area contributed by atoms with Crippen LogP contribution in [-0.4, -0.2) is 23.4 Å². The molecule has 0 unspecified atom stereocenters. The molecule has 0 radical (unpaired) electrons. The Morgan fingerprint density at radius 3 is 2.47 bits per heavy atom. The molecule has 1 aliphatic rings. The summed E-state index contributed by atoms with van der Waals surface area (Å²) in [6.07, 6.45) is 0. The third kappa shape index (κ3) is 5.40. The van der Waals surface area contributed by atoms with Crippen LogP contribution in [0.25, 0.3) is 0 Å². The lowest BCUT2D eigenvalue weighted by Gasteiger charge is -2.20. The van der Waals surface area contributed by atoms with Crippen molar-refractivity contribution in [3.63, 3.8) is 0 Å². The minimum absolute atomic E-state index is 0.0333. The first kappa shape index (κ1) is 21.3. The van der Waals surface area contributed by atoms with Gasteiger partial charge >= 0.3 is 6.03 Å². The second kappa shape index (κ2) is 9.47. The molecule has 0 aliphatic carbocycles. The molecule has 0 fully saturated rings. The van der Waals surface area contributed by atoms with Gasteiger partial charge in [-0.3, -0.25) is 4.79 Å². The van der Waals surface area contributed by atoms with Crippen LogP contribution in [0.5, 0.6) is 5.75 Å². The molecule has 164 valence electrons. The maximum absolute atomic E-state index is 13.5. The normalized spacial score (nSPS) is 13.1. The van der Waals surface area contributed by atoms with Crippen molar-refractivity contribution in [2.24, 2.45) is 0 Å². The van der Waals surface area contributed by atoms with E-state index >= 15 is 0 Å². The fourth-order valence-corrected chi connectivity index (χ4v) is 3.47. The number of hydrogen-bond acceptors (Lipinski definition) is 3. The molecule has 0 spiro atoms. The van der Waals surface area contributed by atoms with Crippen molar-refractivity contribution in [2.45, 2.75) is 19.6 Å². The van der Waals surface area contributed by atoms with Crippen LogP contribution in [0.2, 0.25) is 0 Å². The van der Waals surface area contributed by atoms with E-state index in [1.165, 1.54) is 17.0 Å². The first-order chi connectivity index (χ1) is 15.5. The maximum Gasteiger partial charge on any atom is 0.319 e. The van der Waals surface area contributed by atoms with Crippen molar-refractivity contribution < 1.29 is 23.1 Å². The van der Waals surface area contributed by atoms with Crippen LogP contribution in [-0.2, 0) is 24.4 Å². The number of hydrogen-bond donors (Lipinski definition) is 2. The molecule has 3 aromatic carbocycles. The minimum atomic E-state index is -0.702. The number of urea groups is 1. The fraction of sp³-hybridized carbons (Fsp3) is 0.167. The summed E-state index contributed by atoms with van der Waals surface area (Å²) in [4.78, 5) is 26.2. The molecule has 0 bridgehead atoms. The molecule has 8 heteroatoms. The summed E-state index contributed by atoms with van der Waals surface area (Å²) >= 11 is 0. The largest absolute Gasteiger partial charge is 0.483 e. The summed E-state index contributed by atoms with van der Waals surface area (Å²) in [7, 11) is 0. The van der Waals surface area contributed by atoms with Gasteiger partial charge in [-0.2, -0.15) is 0 Å². The van der Waals surface area contributed by atoms with Crippen molar-refractivity contribution in [1.82, 2.24) is 10.2 Å². The predicted molar refractivity (Wildman–Crippen MR) is 115 cm³/mol. The Hall–Kier alpha value is -3.94. The van der Waals surface area contributed by atoms with Crippen LogP contribution in [0.1, 0.15) is 16.7 Å². The minimum Gasteiger partial charge on any atom is -0.483 e. The second-order valence-electron chi connectivity index (χ2n) is 7.43. The number of nitrogens with one attached hydrogen (secondary N) is 2.